The van der Waals surface area contributed by atoms with Crippen LogP contribution in [0.2, 0.25) is 0 Å². The standard InChI is InChI=1S/C17H23N3O3/c1-11(2)8-9-20-14(15(17(21)22)18-19-20)10-23-16-12(3)6-5-7-13(16)4/h5-7,11H,8-10H2,1-4H3,(H,21,22). The monoisotopic (exact) mass is 317 g/mol. The highest BCUT2D eigenvalue weighted by Crippen LogP contribution is 2.24. The summed E-state index contributed by atoms with van der Waals surface area (Å²) < 4.78 is 7.52. The third-order valence-corrected chi connectivity index (χ3v) is 3.72. The molecule has 0 radical (unpaired) electrons. The maximum absolute atomic E-state index is 11.3. The summed E-state index contributed by atoms with van der Waals surface area (Å²) in [6, 6.07) is 5.90. The summed E-state index contributed by atoms with van der Waals surface area (Å²) in [5.41, 5.74) is 2.49. The number of aromatic carboxylic acids is 1. The maximum atomic E-state index is 11.3. The van der Waals surface area contributed by atoms with Gasteiger partial charge < -0.3 is 9.84 Å². The molecule has 0 spiro atoms. The second kappa shape index (κ2) is 7.26. The molecule has 0 aliphatic heterocycles. The fraction of sp³-hybridized carbons (Fsp3) is 0.471. The van der Waals surface area contributed by atoms with Crippen molar-refractivity contribution >= 4 is 5.97 Å². The number of aromatic nitrogens is 3. The van der Waals surface area contributed by atoms with Crippen molar-refractivity contribution in [2.75, 3.05) is 0 Å². The first-order chi connectivity index (χ1) is 10.9. The number of carbonyl (C=O) groups is 1. The third kappa shape index (κ3) is 4.09. The Morgan fingerprint density at radius 1 is 1.30 bits per heavy atom. The van der Waals surface area contributed by atoms with E-state index >= 15 is 0 Å². The lowest BCUT2D eigenvalue weighted by Crippen LogP contribution is -2.13. The first-order valence-electron chi connectivity index (χ1n) is 7.74. The lowest BCUT2D eigenvalue weighted by atomic mass is 10.1. The van der Waals surface area contributed by atoms with Gasteiger partial charge in [-0.05, 0) is 37.3 Å². The number of benzene rings is 1. The molecule has 2 rings (SSSR count). The van der Waals surface area contributed by atoms with Gasteiger partial charge in [0.05, 0.1) is 0 Å². The minimum atomic E-state index is -1.08. The molecule has 2 aromatic rings. The van der Waals surface area contributed by atoms with Crippen LogP contribution in [0.1, 0.15) is 47.6 Å². The molecular formula is C17H23N3O3. The van der Waals surface area contributed by atoms with E-state index in [-0.39, 0.29) is 12.3 Å². The molecule has 23 heavy (non-hydrogen) atoms. The molecule has 0 saturated heterocycles. The van der Waals surface area contributed by atoms with Gasteiger partial charge in [-0.25, -0.2) is 9.48 Å². The molecule has 0 bridgehead atoms. The third-order valence-electron chi connectivity index (χ3n) is 3.72. The Kier molecular flexibility index (Phi) is 5.36. The molecule has 0 saturated carbocycles. The number of hydrogen-bond acceptors (Lipinski definition) is 4. The van der Waals surface area contributed by atoms with Gasteiger partial charge in [0.1, 0.15) is 18.1 Å². The summed E-state index contributed by atoms with van der Waals surface area (Å²) in [7, 11) is 0. The van der Waals surface area contributed by atoms with E-state index < -0.39 is 5.97 Å². The number of rotatable bonds is 7. The first kappa shape index (κ1) is 17.0. The number of aryl methyl sites for hydroxylation is 3. The van der Waals surface area contributed by atoms with Gasteiger partial charge in [0, 0.05) is 6.54 Å². The molecule has 0 aliphatic carbocycles. The SMILES string of the molecule is Cc1cccc(C)c1OCc1c(C(=O)O)nnn1CCC(C)C. The lowest BCUT2D eigenvalue weighted by molar-refractivity contribution is 0.0687. The van der Waals surface area contributed by atoms with Crippen LogP contribution in [-0.4, -0.2) is 26.1 Å². The Morgan fingerprint density at radius 2 is 1.96 bits per heavy atom. The van der Waals surface area contributed by atoms with Crippen molar-refractivity contribution in [3.05, 3.63) is 40.7 Å². The molecule has 0 amide bonds. The normalized spacial score (nSPS) is 11.0. The van der Waals surface area contributed by atoms with Gasteiger partial charge in [0.15, 0.2) is 5.69 Å². The van der Waals surface area contributed by atoms with Crippen LogP contribution in [0.25, 0.3) is 0 Å². The average Bonchev–Trinajstić information content (AvgIpc) is 2.87. The molecule has 1 aromatic carbocycles. The van der Waals surface area contributed by atoms with Crippen molar-refractivity contribution in [2.45, 2.75) is 47.3 Å². The Hall–Kier alpha value is -2.37. The highest BCUT2D eigenvalue weighted by Gasteiger charge is 2.20. The van der Waals surface area contributed by atoms with Gasteiger partial charge in [-0.3, -0.25) is 0 Å². The van der Waals surface area contributed by atoms with Crippen molar-refractivity contribution < 1.29 is 14.6 Å². The highest BCUT2D eigenvalue weighted by molar-refractivity contribution is 5.86. The van der Waals surface area contributed by atoms with E-state index in [1.54, 1.807) is 4.68 Å². The minimum absolute atomic E-state index is 0.0417. The fourth-order valence-corrected chi connectivity index (χ4v) is 2.37. The Balaban J connectivity index is 2.23. The Labute approximate surface area is 136 Å². The summed E-state index contributed by atoms with van der Waals surface area (Å²) in [5, 5.41) is 17.0. The molecule has 1 aromatic heterocycles. The van der Waals surface area contributed by atoms with Crippen molar-refractivity contribution in [2.24, 2.45) is 5.92 Å². The van der Waals surface area contributed by atoms with Gasteiger partial charge in [-0.2, -0.15) is 0 Å². The summed E-state index contributed by atoms with van der Waals surface area (Å²) in [5.74, 6) is 0.196. The van der Waals surface area contributed by atoms with Gasteiger partial charge in [-0.1, -0.05) is 37.3 Å². The van der Waals surface area contributed by atoms with E-state index in [0.29, 0.717) is 18.2 Å². The molecule has 1 heterocycles. The second-order valence-corrected chi connectivity index (χ2v) is 6.11. The van der Waals surface area contributed by atoms with Gasteiger partial charge in [-0.15, -0.1) is 5.10 Å². The largest absolute Gasteiger partial charge is 0.487 e. The van der Waals surface area contributed by atoms with E-state index in [1.165, 1.54) is 0 Å². The van der Waals surface area contributed by atoms with E-state index in [9.17, 15) is 9.90 Å². The number of ether oxygens (including phenoxy) is 1. The van der Waals surface area contributed by atoms with Crippen molar-refractivity contribution in [1.82, 2.24) is 15.0 Å². The van der Waals surface area contributed by atoms with Crippen LogP contribution in [0.15, 0.2) is 18.2 Å². The van der Waals surface area contributed by atoms with Gasteiger partial charge in [0.25, 0.3) is 0 Å². The Morgan fingerprint density at radius 3 is 2.52 bits per heavy atom. The molecule has 0 unspecified atom stereocenters. The number of para-hydroxylation sites is 1. The van der Waals surface area contributed by atoms with E-state index in [0.717, 1.165) is 23.3 Å². The van der Waals surface area contributed by atoms with Crippen molar-refractivity contribution in [1.29, 1.82) is 0 Å². The van der Waals surface area contributed by atoms with Crippen LogP contribution in [0.5, 0.6) is 5.75 Å². The highest BCUT2D eigenvalue weighted by atomic mass is 16.5. The smallest absolute Gasteiger partial charge is 0.358 e. The van der Waals surface area contributed by atoms with Gasteiger partial charge >= 0.3 is 5.97 Å². The minimum Gasteiger partial charge on any atom is -0.487 e. The zero-order valence-electron chi connectivity index (χ0n) is 14.0. The molecule has 0 fully saturated rings. The summed E-state index contributed by atoms with van der Waals surface area (Å²) >= 11 is 0. The molecular weight excluding hydrogens is 294 g/mol. The molecule has 0 atom stereocenters. The summed E-state index contributed by atoms with van der Waals surface area (Å²) in [4.78, 5) is 11.3. The van der Waals surface area contributed by atoms with E-state index in [2.05, 4.69) is 24.2 Å². The number of hydrogen-bond donors (Lipinski definition) is 1. The number of carboxylic acids is 1. The molecule has 6 nitrogen and oxygen atoms in total. The number of carboxylic acid groups (broad SMARTS) is 1. The molecule has 124 valence electrons. The first-order valence-corrected chi connectivity index (χ1v) is 7.74. The Bertz CT molecular complexity index is 672. The summed E-state index contributed by atoms with van der Waals surface area (Å²) in [6.07, 6.45) is 0.902. The predicted molar refractivity (Wildman–Crippen MR) is 86.7 cm³/mol. The van der Waals surface area contributed by atoms with Crippen LogP contribution in [0, 0.1) is 19.8 Å². The lowest BCUT2D eigenvalue weighted by Gasteiger charge is -2.13. The van der Waals surface area contributed by atoms with Crippen LogP contribution in [0.3, 0.4) is 0 Å². The van der Waals surface area contributed by atoms with Crippen LogP contribution in [0.4, 0.5) is 0 Å². The summed E-state index contributed by atoms with van der Waals surface area (Å²) in [6.45, 7) is 8.93. The average molecular weight is 317 g/mol. The van der Waals surface area contributed by atoms with Gasteiger partial charge in [0.2, 0.25) is 0 Å². The van der Waals surface area contributed by atoms with Crippen LogP contribution in [-0.2, 0) is 13.2 Å². The van der Waals surface area contributed by atoms with E-state index in [1.807, 2.05) is 32.0 Å². The molecule has 1 N–H and O–H groups in total. The zero-order valence-corrected chi connectivity index (χ0v) is 14.0. The van der Waals surface area contributed by atoms with Crippen molar-refractivity contribution in [3.8, 4) is 5.75 Å². The molecule has 6 heteroatoms. The quantitative estimate of drug-likeness (QED) is 0.848. The number of nitrogens with zero attached hydrogens (tertiary/aromatic N) is 3. The second-order valence-electron chi connectivity index (χ2n) is 6.11. The topological polar surface area (TPSA) is 77.2 Å². The molecule has 0 aliphatic rings. The zero-order chi connectivity index (χ0) is 17.0. The van der Waals surface area contributed by atoms with Crippen LogP contribution < -0.4 is 4.74 Å². The van der Waals surface area contributed by atoms with Crippen molar-refractivity contribution in [3.63, 3.8) is 0 Å². The van der Waals surface area contributed by atoms with E-state index in [4.69, 9.17) is 4.74 Å². The van der Waals surface area contributed by atoms with Crippen LogP contribution >= 0.6 is 0 Å². The fourth-order valence-electron chi connectivity index (χ4n) is 2.37. The maximum Gasteiger partial charge on any atom is 0.358 e. The predicted octanol–water partition coefficient (Wildman–Crippen LogP) is 3.22.